The zero-order chi connectivity index (χ0) is 18.8. The summed E-state index contributed by atoms with van der Waals surface area (Å²) < 4.78 is 0. The molecule has 1 saturated heterocycles. The van der Waals surface area contributed by atoms with Gasteiger partial charge in [0.15, 0.2) is 0 Å². The number of hydrogen-bond donors (Lipinski definition) is 1. The van der Waals surface area contributed by atoms with E-state index < -0.39 is 0 Å². The van der Waals surface area contributed by atoms with Crippen molar-refractivity contribution < 1.29 is 14.4 Å². The van der Waals surface area contributed by atoms with Gasteiger partial charge in [-0.2, -0.15) is 0 Å². The highest BCUT2D eigenvalue weighted by atomic mass is 16.2. The maximum Gasteiger partial charge on any atom is 0.278 e. The first-order valence-corrected chi connectivity index (χ1v) is 9.15. The number of rotatable bonds is 4. The number of benzene rings is 1. The van der Waals surface area contributed by atoms with E-state index >= 15 is 0 Å². The Kier molecular flexibility index (Phi) is 5.11. The predicted molar refractivity (Wildman–Crippen MR) is 100 cm³/mol. The first-order valence-electron chi connectivity index (χ1n) is 9.15. The third-order valence-electron chi connectivity index (χ3n) is 4.77. The van der Waals surface area contributed by atoms with Crippen LogP contribution in [0.3, 0.4) is 0 Å². The van der Waals surface area contributed by atoms with Crippen LogP contribution in [-0.2, 0) is 14.4 Å². The predicted octanol–water partition coefficient (Wildman–Crippen LogP) is 2.62. The van der Waals surface area contributed by atoms with Crippen molar-refractivity contribution in [3.63, 3.8) is 0 Å². The lowest BCUT2D eigenvalue weighted by Crippen LogP contribution is -2.40. The normalized spacial score (nSPS) is 18.2. The molecule has 26 heavy (non-hydrogen) atoms. The van der Waals surface area contributed by atoms with Crippen molar-refractivity contribution in [2.45, 2.75) is 46.1 Å². The molecule has 3 amide bonds. The van der Waals surface area contributed by atoms with Gasteiger partial charge in [-0.3, -0.25) is 19.3 Å². The Morgan fingerprint density at radius 2 is 1.62 bits per heavy atom. The van der Waals surface area contributed by atoms with Crippen molar-refractivity contribution in [3.8, 4) is 0 Å². The van der Waals surface area contributed by atoms with Crippen LogP contribution < -0.4 is 5.32 Å². The number of nitrogens with one attached hydrogen (secondary N) is 1. The van der Waals surface area contributed by atoms with Gasteiger partial charge in [0.25, 0.3) is 11.8 Å². The largest absolute Gasteiger partial charge is 0.366 e. The van der Waals surface area contributed by atoms with Gasteiger partial charge in [0.1, 0.15) is 5.70 Å². The molecule has 1 aromatic carbocycles. The number of carbonyl (C=O) groups is 3. The minimum absolute atomic E-state index is 0.149. The Morgan fingerprint density at radius 3 is 2.15 bits per heavy atom. The summed E-state index contributed by atoms with van der Waals surface area (Å²) in [5.74, 6) is -0.588. The van der Waals surface area contributed by atoms with Gasteiger partial charge in [-0.05, 0) is 50.8 Å². The van der Waals surface area contributed by atoms with E-state index in [2.05, 4.69) is 10.2 Å². The van der Waals surface area contributed by atoms with Gasteiger partial charge >= 0.3 is 0 Å². The molecule has 6 heteroatoms. The van der Waals surface area contributed by atoms with Crippen LogP contribution in [0.25, 0.3) is 5.57 Å². The smallest absolute Gasteiger partial charge is 0.278 e. The topological polar surface area (TPSA) is 69.7 Å². The van der Waals surface area contributed by atoms with Crippen LogP contribution in [0.2, 0.25) is 0 Å². The number of anilines is 1. The maximum atomic E-state index is 13.0. The Hall–Kier alpha value is -2.63. The molecule has 0 bridgehead atoms. The number of carbonyl (C=O) groups excluding carboxylic acids is 3. The van der Waals surface area contributed by atoms with Crippen molar-refractivity contribution in [2.75, 3.05) is 18.4 Å². The van der Waals surface area contributed by atoms with Crippen LogP contribution in [-0.4, -0.2) is 46.7 Å². The van der Waals surface area contributed by atoms with E-state index in [4.69, 9.17) is 0 Å². The first kappa shape index (κ1) is 18.2. The van der Waals surface area contributed by atoms with Gasteiger partial charge in [0, 0.05) is 31.7 Å². The lowest BCUT2D eigenvalue weighted by molar-refractivity contribution is -0.139. The highest BCUT2D eigenvalue weighted by molar-refractivity contribution is 6.35. The van der Waals surface area contributed by atoms with Crippen LogP contribution >= 0.6 is 0 Å². The van der Waals surface area contributed by atoms with E-state index in [-0.39, 0.29) is 23.8 Å². The standard InChI is InChI=1S/C20H25N3O3/c1-13(2)23-19(25)17(15-7-9-16(10-8-15)21-14(3)24)18(20(23)26)22-11-5-4-6-12-22/h7-10,13H,4-6,11-12H2,1-3H3,(H,21,24). The monoisotopic (exact) mass is 355 g/mol. The highest BCUT2D eigenvalue weighted by Crippen LogP contribution is 2.34. The van der Waals surface area contributed by atoms with Crippen molar-refractivity contribution in [1.29, 1.82) is 0 Å². The molecular formula is C20H25N3O3. The molecular weight excluding hydrogens is 330 g/mol. The molecule has 1 N–H and O–H groups in total. The average Bonchev–Trinajstić information content (AvgIpc) is 2.86. The van der Waals surface area contributed by atoms with Crippen molar-refractivity contribution in [3.05, 3.63) is 35.5 Å². The zero-order valence-electron chi connectivity index (χ0n) is 15.5. The minimum Gasteiger partial charge on any atom is -0.366 e. The second kappa shape index (κ2) is 7.32. The summed E-state index contributed by atoms with van der Waals surface area (Å²) in [6.45, 7) is 6.75. The van der Waals surface area contributed by atoms with E-state index in [0.29, 0.717) is 22.5 Å². The van der Waals surface area contributed by atoms with Crippen molar-refractivity contribution >= 4 is 29.0 Å². The second-order valence-electron chi connectivity index (χ2n) is 7.10. The number of piperidine rings is 1. The summed E-state index contributed by atoms with van der Waals surface area (Å²) in [5.41, 5.74) is 2.37. The molecule has 0 saturated carbocycles. The molecule has 0 spiro atoms. The Balaban J connectivity index is 2.02. The molecule has 2 aliphatic heterocycles. The second-order valence-corrected chi connectivity index (χ2v) is 7.10. The summed E-state index contributed by atoms with van der Waals surface area (Å²) in [6.07, 6.45) is 3.21. The number of hydrogen-bond acceptors (Lipinski definition) is 4. The Bertz CT molecular complexity index is 759. The van der Waals surface area contributed by atoms with Gasteiger partial charge < -0.3 is 10.2 Å². The molecule has 0 atom stereocenters. The molecule has 0 aliphatic carbocycles. The lowest BCUT2D eigenvalue weighted by atomic mass is 10.0. The van der Waals surface area contributed by atoms with E-state index in [1.165, 1.54) is 11.8 Å². The Morgan fingerprint density at radius 1 is 1.00 bits per heavy atom. The average molecular weight is 355 g/mol. The number of amides is 3. The summed E-state index contributed by atoms with van der Waals surface area (Å²) in [4.78, 5) is 40.6. The summed E-state index contributed by atoms with van der Waals surface area (Å²) in [5, 5.41) is 2.72. The van der Waals surface area contributed by atoms with Crippen LogP contribution in [0.1, 0.15) is 45.6 Å². The number of nitrogens with zero attached hydrogens (tertiary/aromatic N) is 2. The van der Waals surface area contributed by atoms with Crippen LogP contribution in [0.15, 0.2) is 30.0 Å². The summed E-state index contributed by atoms with van der Waals surface area (Å²) >= 11 is 0. The molecule has 138 valence electrons. The van der Waals surface area contributed by atoms with Crippen molar-refractivity contribution in [1.82, 2.24) is 9.80 Å². The maximum absolute atomic E-state index is 13.0. The molecule has 0 unspecified atom stereocenters. The fourth-order valence-corrected chi connectivity index (χ4v) is 3.60. The van der Waals surface area contributed by atoms with Crippen LogP contribution in [0.4, 0.5) is 5.69 Å². The van der Waals surface area contributed by atoms with E-state index in [1.807, 2.05) is 13.8 Å². The number of likely N-dealkylation sites (tertiary alicyclic amines) is 1. The first-order chi connectivity index (χ1) is 12.4. The van der Waals surface area contributed by atoms with E-state index in [9.17, 15) is 14.4 Å². The van der Waals surface area contributed by atoms with Gasteiger partial charge in [0.05, 0.1) is 5.57 Å². The van der Waals surface area contributed by atoms with Crippen molar-refractivity contribution in [2.24, 2.45) is 0 Å². The van der Waals surface area contributed by atoms with Crippen LogP contribution in [0.5, 0.6) is 0 Å². The SMILES string of the molecule is CC(=O)Nc1ccc(C2=C(N3CCCCC3)C(=O)N(C(C)C)C2=O)cc1. The molecule has 0 aromatic heterocycles. The molecule has 2 heterocycles. The van der Waals surface area contributed by atoms with Gasteiger partial charge in [-0.15, -0.1) is 0 Å². The molecule has 0 radical (unpaired) electrons. The Labute approximate surface area is 153 Å². The highest BCUT2D eigenvalue weighted by Gasteiger charge is 2.42. The fourth-order valence-electron chi connectivity index (χ4n) is 3.60. The zero-order valence-corrected chi connectivity index (χ0v) is 15.5. The molecule has 6 nitrogen and oxygen atoms in total. The fraction of sp³-hybridized carbons (Fsp3) is 0.450. The van der Waals surface area contributed by atoms with E-state index in [1.54, 1.807) is 24.3 Å². The third-order valence-corrected chi connectivity index (χ3v) is 4.77. The molecule has 3 rings (SSSR count). The summed E-state index contributed by atoms with van der Waals surface area (Å²) in [7, 11) is 0. The number of imide groups is 1. The lowest BCUT2D eigenvalue weighted by Gasteiger charge is -2.30. The van der Waals surface area contributed by atoms with Gasteiger partial charge in [0.2, 0.25) is 5.91 Å². The quantitative estimate of drug-likeness (QED) is 0.843. The van der Waals surface area contributed by atoms with E-state index in [0.717, 1.165) is 32.4 Å². The third kappa shape index (κ3) is 3.36. The van der Waals surface area contributed by atoms with Crippen LogP contribution in [0, 0.1) is 0 Å². The summed E-state index contributed by atoms with van der Waals surface area (Å²) in [6, 6.07) is 6.91. The van der Waals surface area contributed by atoms with Gasteiger partial charge in [-0.25, -0.2) is 0 Å². The van der Waals surface area contributed by atoms with Gasteiger partial charge in [-0.1, -0.05) is 12.1 Å². The minimum atomic E-state index is -0.238. The molecule has 2 aliphatic rings. The molecule has 1 fully saturated rings. The molecule has 1 aromatic rings.